The lowest BCUT2D eigenvalue weighted by atomic mass is 10.0. The molecule has 66 valence electrons. The van der Waals surface area contributed by atoms with Gasteiger partial charge < -0.3 is 15.6 Å². The van der Waals surface area contributed by atoms with E-state index in [0.717, 1.165) is 19.5 Å². The molecule has 1 aliphatic heterocycles. The highest BCUT2D eigenvalue weighted by atomic mass is 16.5. The fourth-order valence-electron chi connectivity index (χ4n) is 1.41. The van der Waals surface area contributed by atoms with Crippen molar-refractivity contribution in [3.63, 3.8) is 0 Å². The lowest BCUT2D eigenvalue weighted by Crippen LogP contribution is -2.46. The molecule has 4 nitrogen and oxygen atoms in total. The van der Waals surface area contributed by atoms with Crippen molar-refractivity contribution in [2.75, 3.05) is 33.5 Å². The van der Waals surface area contributed by atoms with Crippen molar-refractivity contribution in [1.82, 2.24) is 4.90 Å². The fraction of sp³-hybridized carbons (Fsp3) is 1.00. The van der Waals surface area contributed by atoms with Gasteiger partial charge in [0.05, 0.1) is 18.9 Å². The number of rotatable bonds is 3. The highest BCUT2D eigenvalue weighted by molar-refractivity contribution is 4.92. The number of likely N-dealkylation sites (tertiary alicyclic amines) is 1. The Morgan fingerprint density at radius 1 is 1.73 bits per heavy atom. The summed E-state index contributed by atoms with van der Waals surface area (Å²) in [5.41, 5.74) is 5.44. The van der Waals surface area contributed by atoms with Crippen LogP contribution in [-0.2, 0) is 4.74 Å². The van der Waals surface area contributed by atoms with Gasteiger partial charge in [-0.1, -0.05) is 0 Å². The average Bonchev–Trinajstić information content (AvgIpc) is 2.35. The maximum Gasteiger partial charge on any atom is 0.0987 e. The van der Waals surface area contributed by atoms with Gasteiger partial charge in [-0.25, -0.2) is 0 Å². The van der Waals surface area contributed by atoms with Crippen LogP contribution in [0.1, 0.15) is 6.42 Å². The average molecular weight is 160 g/mol. The monoisotopic (exact) mass is 160 g/mol. The number of nitrogens with two attached hydrogens (primary N) is 1. The lowest BCUT2D eigenvalue weighted by molar-refractivity contribution is 0.0724. The van der Waals surface area contributed by atoms with Crippen molar-refractivity contribution in [3.8, 4) is 0 Å². The summed E-state index contributed by atoms with van der Waals surface area (Å²) in [5, 5.41) is 8.92. The summed E-state index contributed by atoms with van der Waals surface area (Å²) < 4.78 is 4.95. The number of nitrogens with zero attached hydrogens (tertiary/aromatic N) is 1. The molecular weight excluding hydrogens is 144 g/mol. The highest BCUT2D eigenvalue weighted by Crippen LogP contribution is 2.17. The van der Waals surface area contributed by atoms with Gasteiger partial charge in [0.2, 0.25) is 0 Å². The number of methoxy groups -OCH3 is 1. The predicted molar refractivity (Wildman–Crippen MR) is 42.1 cm³/mol. The first kappa shape index (κ1) is 8.93. The largest absolute Gasteiger partial charge is 0.394 e. The zero-order chi connectivity index (χ0) is 8.32. The van der Waals surface area contributed by atoms with E-state index in [9.17, 15) is 0 Å². The number of hydrogen-bond acceptors (Lipinski definition) is 4. The van der Waals surface area contributed by atoms with E-state index >= 15 is 0 Å². The summed E-state index contributed by atoms with van der Waals surface area (Å²) >= 11 is 0. The SMILES string of the molecule is COCN1CCC(N)(CO)C1. The van der Waals surface area contributed by atoms with E-state index in [1.165, 1.54) is 0 Å². The van der Waals surface area contributed by atoms with Gasteiger partial charge in [0.15, 0.2) is 0 Å². The van der Waals surface area contributed by atoms with Crippen LogP contribution in [0, 0.1) is 0 Å². The van der Waals surface area contributed by atoms with Crippen LogP contribution in [0.15, 0.2) is 0 Å². The Hall–Kier alpha value is -0.160. The Labute approximate surface area is 66.9 Å². The van der Waals surface area contributed by atoms with Gasteiger partial charge in [0, 0.05) is 20.2 Å². The maximum absolute atomic E-state index is 8.92. The van der Waals surface area contributed by atoms with Crippen LogP contribution in [-0.4, -0.2) is 49.1 Å². The van der Waals surface area contributed by atoms with Crippen molar-refractivity contribution in [1.29, 1.82) is 0 Å². The molecule has 11 heavy (non-hydrogen) atoms. The molecule has 0 aromatic heterocycles. The van der Waals surface area contributed by atoms with E-state index in [4.69, 9.17) is 15.6 Å². The van der Waals surface area contributed by atoms with Crippen LogP contribution < -0.4 is 5.73 Å². The zero-order valence-electron chi connectivity index (χ0n) is 6.92. The first-order valence-corrected chi connectivity index (χ1v) is 3.81. The Kier molecular flexibility index (Phi) is 2.84. The lowest BCUT2D eigenvalue weighted by Gasteiger charge is -2.21. The minimum absolute atomic E-state index is 0.0627. The Morgan fingerprint density at radius 3 is 2.91 bits per heavy atom. The predicted octanol–water partition coefficient (Wildman–Crippen LogP) is -1.01. The van der Waals surface area contributed by atoms with Gasteiger partial charge in [-0.3, -0.25) is 4.90 Å². The van der Waals surface area contributed by atoms with Gasteiger partial charge in [-0.2, -0.15) is 0 Å². The molecule has 0 aliphatic carbocycles. The molecule has 0 saturated carbocycles. The van der Waals surface area contributed by atoms with Crippen LogP contribution in [0.25, 0.3) is 0 Å². The van der Waals surface area contributed by atoms with E-state index in [-0.39, 0.29) is 6.61 Å². The normalized spacial score (nSPS) is 33.0. The second kappa shape index (κ2) is 3.49. The van der Waals surface area contributed by atoms with Crippen molar-refractivity contribution >= 4 is 0 Å². The van der Waals surface area contributed by atoms with E-state index in [0.29, 0.717) is 6.73 Å². The van der Waals surface area contributed by atoms with Crippen LogP contribution in [0.5, 0.6) is 0 Å². The van der Waals surface area contributed by atoms with Crippen LogP contribution >= 0.6 is 0 Å². The minimum Gasteiger partial charge on any atom is -0.394 e. The van der Waals surface area contributed by atoms with Crippen molar-refractivity contribution in [3.05, 3.63) is 0 Å². The smallest absolute Gasteiger partial charge is 0.0987 e. The number of aliphatic hydroxyl groups is 1. The molecule has 4 heteroatoms. The molecule has 1 rings (SSSR count). The number of ether oxygens (including phenoxy) is 1. The fourth-order valence-corrected chi connectivity index (χ4v) is 1.41. The molecule has 1 unspecified atom stereocenters. The molecule has 1 heterocycles. The summed E-state index contributed by atoms with van der Waals surface area (Å²) in [7, 11) is 1.66. The molecule has 0 aromatic rings. The summed E-state index contributed by atoms with van der Waals surface area (Å²) in [6, 6.07) is 0. The summed E-state index contributed by atoms with van der Waals surface area (Å²) in [4.78, 5) is 2.09. The van der Waals surface area contributed by atoms with Gasteiger partial charge >= 0.3 is 0 Å². The molecule has 1 saturated heterocycles. The van der Waals surface area contributed by atoms with Gasteiger partial charge in [-0.05, 0) is 6.42 Å². The standard InChI is InChI=1S/C7H16N2O2/c1-11-6-9-3-2-7(8,4-9)5-10/h10H,2-6,8H2,1H3. The minimum atomic E-state index is -0.390. The van der Waals surface area contributed by atoms with E-state index in [1.807, 2.05) is 0 Å². The Morgan fingerprint density at radius 2 is 2.45 bits per heavy atom. The van der Waals surface area contributed by atoms with Crippen LogP contribution in [0.2, 0.25) is 0 Å². The number of aliphatic hydroxyl groups excluding tert-OH is 1. The quantitative estimate of drug-likeness (QED) is 0.555. The Bertz CT molecular complexity index is 132. The second-order valence-corrected chi connectivity index (χ2v) is 3.24. The summed E-state index contributed by atoms with van der Waals surface area (Å²) in [6.07, 6.45) is 0.854. The molecule has 1 aliphatic rings. The molecule has 3 N–H and O–H groups in total. The van der Waals surface area contributed by atoms with E-state index < -0.39 is 5.54 Å². The van der Waals surface area contributed by atoms with Crippen molar-refractivity contribution in [2.45, 2.75) is 12.0 Å². The summed E-state index contributed by atoms with van der Waals surface area (Å²) in [5.74, 6) is 0. The van der Waals surface area contributed by atoms with Gasteiger partial charge in [-0.15, -0.1) is 0 Å². The molecule has 1 fully saturated rings. The third kappa shape index (κ3) is 2.13. The summed E-state index contributed by atoms with van der Waals surface area (Å²) in [6.45, 7) is 2.33. The van der Waals surface area contributed by atoms with Crippen molar-refractivity contribution in [2.24, 2.45) is 5.73 Å². The highest BCUT2D eigenvalue weighted by Gasteiger charge is 2.33. The Balaban J connectivity index is 2.33. The first-order chi connectivity index (χ1) is 5.20. The third-order valence-corrected chi connectivity index (χ3v) is 2.09. The van der Waals surface area contributed by atoms with Gasteiger partial charge in [0.1, 0.15) is 0 Å². The molecular formula is C7H16N2O2. The number of hydrogen-bond donors (Lipinski definition) is 2. The van der Waals surface area contributed by atoms with Gasteiger partial charge in [0.25, 0.3) is 0 Å². The molecule has 0 spiro atoms. The zero-order valence-corrected chi connectivity index (χ0v) is 6.92. The van der Waals surface area contributed by atoms with E-state index in [1.54, 1.807) is 7.11 Å². The maximum atomic E-state index is 8.92. The first-order valence-electron chi connectivity index (χ1n) is 3.81. The molecule has 0 amide bonds. The second-order valence-electron chi connectivity index (χ2n) is 3.24. The van der Waals surface area contributed by atoms with E-state index in [2.05, 4.69) is 4.90 Å². The van der Waals surface area contributed by atoms with Crippen LogP contribution in [0.3, 0.4) is 0 Å². The molecule has 0 aromatic carbocycles. The molecule has 1 atom stereocenters. The van der Waals surface area contributed by atoms with Crippen LogP contribution in [0.4, 0.5) is 0 Å². The van der Waals surface area contributed by atoms with Crippen molar-refractivity contribution < 1.29 is 9.84 Å². The molecule has 0 radical (unpaired) electrons. The third-order valence-electron chi connectivity index (χ3n) is 2.09. The topological polar surface area (TPSA) is 58.7 Å². The molecule has 0 bridgehead atoms.